The van der Waals surface area contributed by atoms with Crippen LogP contribution in [0.3, 0.4) is 0 Å². The first-order valence-corrected chi connectivity index (χ1v) is 11.2. The molecule has 37 heavy (non-hydrogen) atoms. The van der Waals surface area contributed by atoms with Crippen molar-refractivity contribution in [2.75, 3.05) is 17.7 Å². The molecule has 1 heterocycles. The minimum absolute atomic E-state index is 0.120. The Morgan fingerprint density at radius 1 is 1.03 bits per heavy atom. The van der Waals surface area contributed by atoms with Crippen molar-refractivity contribution in [1.29, 1.82) is 0 Å². The van der Waals surface area contributed by atoms with E-state index in [-0.39, 0.29) is 22.4 Å². The summed E-state index contributed by atoms with van der Waals surface area (Å²) in [7, 11) is 1.22. The lowest BCUT2D eigenvalue weighted by molar-refractivity contribution is -0.144. The summed E-state index contributed by atoms with van der Waals surface area (Å²) < 4.78 is 49.4. The Bertz CT molecular complexity index is 1290. The van der Waals surface area contributed by atoms with Gasteiger partial charge in [0, 0.05) is 22.3 Å². The fourth-order valence-electron chi connectivity index (χ4n) is 3.22. The second-order valence-corrected chi connectivity index (χ2v) is 8.58. The minimum Gasteiger partial charge on any atom is -0.467 e. The molecular formula is C24H22ClF3N4O5. The number of hydrogen-bond acceptors (Lipinski definition) is 6. The maximum atomic E-state index is 13.2. The number of aromatic nitrogens is 1. The van der Waals surface area contributed by atoms with Crippen LogP contribution in [0.5, 0.6) is 0 Å². The predicted octanol–water partition coefficient (Wildman–Crippen LogP) is 5.59. The highest BCUT2D eigenvalue weighted by atomic mass is 35.5. The van der Waals surface area contributed by atoms with E-state index in [1.165, 1.54) is 31.4 Å². The fraction of sp³-hybridized carbons (Fsp3) is 0.250. The molecule has 9 nitrogen and oxygen atoms in total. The maximum absolute atomic E-state index is 13.2. The molecule has 0 aliphatic heterocycles. The van der Waals surface area contributed by atoms with Gasteiger partial charge in [0.1, 0.15) is 11.7 Å². The van der Waals surface area contributed by atoms with E-state index >= 15 is 0 Å². The third-order valence-electron chi connectivity index (χ3n) is 5.12. The lowest BCUT2D eigenvalue weighted by Gasteiger charge is -2.18. The monoisotopic (exact) mass is 538 g/mol. The zero-order chi connectivity index (χ0) is 27.3. The molecule has 3 aromatic rings. The van der Waals surface area contributed by atoms with Gasteiger partial charge in [-0.1, -0.05) is 42.7 Å². The van der Waals surface area contributed by atoms with Crippen molar-refractivity contribution in [3.63, 3.8) is 0 Å². The van der Waals surface area contributed by atoms with E-state index in [2.05, 4.69) is 21.1 Å². The lowest BCUT2D eigenvalue weighted by atomic mass is 10.0. The number of methoxy groups -OCH3 is 1. The van der Waals surface area contributed by atoms with Crippen LogP contribution in [0.2, 0.25) is 5.02 Å². The molecule has 0 aliphatic rings. The number of carbonyl (C=O) groups is 3. The first-order chi connectivity index (χ1) is 17.4. The van der Waals surface area contributed by atoms with Gasteiger partial charge in [-0.3, -0.25) is 4.79 Å². The molecule has 0 saturated heterocycles. The molecule has 0 spiro atoms. The number of nitrogens with zero attached hydrogens (tertiary/aromatic N) is 1. The largest absolute Gasteiger partial charge is 0.467 e. The number of ether oxygens (including phenoxy) is 1. The van der Waals surface area contributed by atoms with Crippen molar-refractivity contribution >= 4 is 40.9 Å². The molecule has 3 rings (SSSR count). The molecule has 0 radical (unpaired) electrons. The van der Waals surface area contributed by atoms with E-state index in [0.29, 0.717) is 11.3 Å². The minimum atomic E-state index is -4.71. The molecule has 0 unspecified atom stereocenters. The molecule has 0 saturated carbocycles. The number of anilines is 2. The van der Waals surface area contributed by atoms with E-state index in [1.54, 1.807) is 26.0 Å². The lowest BCUT2D eigenvalue weighted by Crippen LogP contribution is -2.44. The summed E-state index contributed by atoms with van der Waals surface area (Å²) in [6.45, 7) is 3.49. The summed E-state index contributed by atoms with van der Waals surface area (Å²) in [6, 6.07) is 8.70. The number of esters is 1. The van der Waals surface area contributed by atoms with Gasteiger partial charge in [0.25, 0.3) is 5.91 Å². The summed E-state index contributed by atoms with van der Waals surface area (Å²) in [6.07, 6.45) is -4.71. The summed E-state index contributed by atoms with van der Waals surface area (Å²) >= 11 is 5.65. The maximum Gasteiger partial charge on any atom is 0.418 e. The number of rotatable bonds is 7. The number of amides is 3. The van der Waals surface area contributed by atoms with Crippen LogP contribution in [-0.4, -0.2) is 36.2 Å². The number of nitrogens with one attached hydrogen (secondary N) is 3. The molecular weight excluding hydrogens is 517 g/mol. The number of halogens is 4. The van der Waals surface area contributed by atoms with Crippen LogP contribution in [0, 0.1) is 5.92 Å². The molecule has 2 aromatic carbocycles. The summed E-state index contributed by atoms with van der Waals surface area (Å²) in [4.78, 5) is 36.6. The van der Waals surface area contributed by atoms with Crippen LogP contribution >= 0.6 is 11.6 Å². The molecule has 3 amide bonds. The van der Waals surface area contributed by atoms with Gasteiger partial charge in [-0.25, -0.2) is 9.59 Å². The van der Waals surface area contributed by atoms with E-state index in [1.807, 2.05) is 0 Å². The number of alkyl halides is 3. The Kier molecular flexibility index (Phi) is 8.43. The van der Waals surface area contributed by atoms with E-state index in [4.69, 9.17) is 20.9 Å². The predicted molar refractivity (Wildman–Crippen MR) is 129 cm³/mol. The highest BCUT2D eigenvalue weighted by Crippen LogP contribution is 2.36. The first-order valence-electron chi connectivity index (χ1n) is 10.8. The highest BCUT2D eigenvalue weighted by molar-refractivity contribution is 6.30. The van der Waals surface area contributed by atoms with E-state index < -0.39 is 41.4 Å². The third-order valence-corrected chi connectivity index (χ3v) is 5.35. The number of urea groups is 1. The number of hydrogen-bond donors (Lipinski definition) is 3. The van der Waals surface area contributed by atoms with Crippen LogP contribution < -0.4 is 16.0 Å². The van der Waals surface area contributed by atoms with Gasteiger partial charge in [0.15, 0.2) is 0 Å². The highest BCUT2D eigenvalue weighted by Gasteiger charge is 2.34. The quantitative estimate of drug-likeness (QED) is 0.337. The van der Waals surface area contributed by atoms with Gasteiger partial charge in [-0.15, -0.1) is 0 Å². The van der Waals surface area contributed by atoms with Crippen LogP contribution in [-0.2, 0) is 15.7 Å². The molecule has 1 atom stereocenters. The van der Waals surface area contributed by atoms with Gasteiger partial charge < -0.3 is 25.2 Å². The van der Waals surface area contributed by atoms with Crippen molar-refractivity contribution in [2.24, 2.45) is 5.92 Å². The molecule has 13 heteroatoms. The number of carbonyl (C=O) groups excluding carboxylic acids is 3. The van der Waals surface area contributed by atoms with Crippen LogP contribution in [0.25, 0.3) is 11.3 Å². The van der Waals surface area contributed by atoms with Gasteiger partial charge >= 0.3 is 18.2 Å². The zero-order valence-electron chi connectivity index (χ0n) is 19.8. The average molecular weight is 539 g/mol. The van der Waals surface area contributed by atoms with Crippen molar-refractivity contribution in [2.45, 2.75) is 26.1 Å². The Hall–Kier alpha value is -4.06. The van der Waals surface area contributed by atoms with Crippen molar-refractivity contribution in [1.82, 2.24) is 10.5 Å². The van der Waals surface area contributed by atoms with Gasteiger partial charge in [-0.2, -0.15) is 13.2 Å². The van der Waals surface area contributed by atoms with E-state index in [0.717, 1.165) is 12.1 Å². The van der Waals surface area contributed by atoms with Crippen LogP contribution in [0.4, 0.5) is 29.3 Å². The fourth-order valence-corrected chi connectivity index (χ4v) is 3.40. The molecule has 0 fully saturated rings. The Balaban J connectivity index is 1.66. The third kappa shape index (κ3) is 7.00. The second-order valence-electron chi connectivity index (χ2n) is 8.14. The summed E-state index contributed by atoms with van der Waals surface area (Å²) in [5.74, 6) is -1.61. The van der Waals surface area contributed by atoms with Crippen LogP contribution in [0.15, 0.2) is 53.1 Å². The van der Waals surface area contributed by atoms with E-state index in [9.17, 15) is 27.6 Å². The number of benzene rings is 2. The molecule has 196 valence electrons. The van der Waals surface area contributed by atoms with Gasteiger partial charge in [-0.05, 0) is 36.2 Å². The first kappa shape index (κ1) is 27.5. The zero-order valence-corrected chi connectivity index (χ0v) is 20.5. The molecule has 1 aromatic heterocycles. The molecule has 0 bridgehead atoms. The van der Waals surface area contributed by atoms with Crippen molar-refractivity contribution < 1.29 is 36.8 Å². The Labute approximate surface area is 214 Å². The topological polar surface area (TPSA) is 123 Å². The summed E-state index contributed by atoms with van der Waals surface area (Å²) in [5.41, 5.74) is -0.424. The Morgan fingerprint density at radius 2 is 1.70 bits per heavy atom. The van der Waals surface area contributed by atoms with Crippen molar-refractivity contribution in [3.8, 4) is 11.3 Å². The Morgan fingerprint density at radius 3 is 2.30 bits per heavy atom. The van der Waals surface area contributed by atoms with Gasteiger partial charge in [0.05, 0.1) is 18.4 Å². The van der Waals surface area contributed by atoms with Gasteiger partial charge in [0.2, 0.25) is 5.76 Å². The molecule has 3 N–H and O–H groups in total. The normalized spacial score (nSPS) is 12.1. The smallest absolute Gasteiger partial charge is 0.418 e. The SMILES string of the molecule is COC(=O)[C@@H](NC(=O)c1cc(-c2ccc(NC(=O)Nc3ccc(Cl)cc3C(F)(F)F)cc2)no1)C(C)C. The summed E-state index contributed by atoms with van der Waals surface area (Å²) in [5, 5.41) is 10.8. The second kappa shape index (κ2) is 11.3. The average Bonchev–Trinajstić information content (AvgIpc) is 3.33. The van der Waals surface area contributed by atoms with Crippen LogP contribution in [0.1, 0.15) is 30.0 Å². The molecule has 0 aliphatic carbocycles. The van der Waals surface area contributed by atoms with Crippen molar-refractivity contribution in [3.05, 3.63) is 64.9 Å². The standard InChI is InChI=1S/C24H22ClF3N4O5/c1-12(2)20(22(34)36-3)31-21(33)19-11-18(32-37-19)13-4-7-15(8-5-13)29-23(35)30-17-9-6-14(25)10-16(17)24(26,27)28/h4-12,20H,1-3H3,(H,31,33)(H2,29,30,35)/t20-/m0/s1.